The average Bonchev–Trinajstić information content (AvgIpc) is 3.40. The SMILES string of the molecule is COc1ccc(C23NC(=O)N(Cc4ccc(C)cc4)C2=NC=Nc2c3ncn2Cc2ccc(C)cc2)cc1. The molecule has 3 heterocycles. The van der Waals surface area contributed by atoms with E-state index in [-0.39, 0.29) is 6.03 Å². The van der Waals surface area contributed by atoms with Crippen molar-refractivity contribution in [1.82, 2.24) is 19.8 Å². The smallest absolute Gasteiger partial charge is 0.324 e. The third-order valence-electron chi connectivity index (χ3n) is 7.11. The third-order valence-corrected chi connectivity index (χ3v) is 7.11. The van der Waals surface area contributed by atoms with E-state index < -0.39 is 5.54 Å². The first-order chi connectivity index (χ1) is 18.5. The van der Waals surface area contributed by atoms with Crippen LogP contribution in [0.2, 0.25) is 0 Å². The summed E-state index contributed by atoms with van der Waals surface area (Å²) in [6, 6.07) is 23.9. The van der Waals surface area contributed by atoms with Crippen LogP contribution in [0.1, 0.15) is 33.5 Å². The number of methoxy groups -OCH3 is 1. The predicted molar refractivity (Wildman–Crippen MR) is 147 cm³/mol. The van der Waals surface area contributed by atoms with Crippen molar-refractivity contribution in [3.8, 4) is 5.75 Å². The molecular weight excluding hydrogens is 476 g/mol. The molecule has 2 aliphatic heterocycles. The molecule has 1 atom stereocenters. The molecule has 8 heteroatoms. The Hall–Kier alpha value is -4.72. The van der Waals surface area contributed by atoms with Gasteiger partial charge in [-0.05, 0) is 42.7 Å². The summed E-state index contributed by atoms with van der Waals surface area (Å²) in [6.07, 6.45) is 3.31. The fourth-order valence-electron chi connectivity index (χ4n) is 5.04. The van der Waals surface area contributed by atoms with Crippen molar-refractivity contribution in [2.45, 2.75) is 32.5 Å². The number of amides is 2. The van der Waals surface area contributed by atoms with Crippen LogP contribution in [0, 0.1) is 13.8 Å². The van der Waals surface area contributed by atoms with Crippen LogP contribution in [0.5, 0.6) is 5.75 Å². The van der Waals surface area contributed by atoms with Crippen molar-refractivity contribution in [3.63, 3.8) is 0 Å². The Labute approximate surface area is 221 Å². The number of imidazole rings is 1. The van der Waals surface area contributed by atoms with Crippen molar-refractivity contribution in [3.05, 3.63) is 113 Å². The van der Waals surface area contributed by atoms with Crippen LogP contribution >= 0.6 is 0 Å². The van der Waals surface area contributed by atoms with Gasteiger partial charge in [-0.1, -0.05) is 71.8 Å². The number of hydrogen-bond donors (Lipinski definition) is 1. The summed E-state index contributed by atoms with van der Waals surface area (Å²) < 4.78 is 7.39. The molecule has 0 saturated carbocycles. The van der Waals surface area contributed by atoms with E-state index in [1.165, 1.54) is 11.9 Å². The van der Waals surface area contributed by atoms with E-state index in [2.05, 4.69) is 36.5 Å². The number of nitrogens with zero attached hydrogens (tertiary/aromatic N) is 5. The van der Waals surface area contributed by atoms with E-state index in [1.54, 1.807) is 18.3 Å². The number of ether oxygens (including phenoxy) is 1. The topological polar surface area (TPSA) is 84.1 Å². The van der Waals surface area contributed by atoms with Crippen molar-refractivity contribution in [2.75, 3.05) is 7.11 Å². The van der Waals surface area contributed by atoms with Crippen LogP contribution in [0.25, 0.3) is 0 Å². The van der Waals surface area contributed by atoms with Gasteiger partial charge in [-0.15, -0.1) is 0 Å². The van der Waals surface area contributed by atoms with Crippen molar-refractivity contribution >= 4 is 24.0 Å². The van der Waals surface area contributed by atoms with E-state index in [4.69, 9.17) is 19.7 Å². The largest absolute Gasteiger partial charge is 0.497 e. The van der Waals surface area contributed by atoms with E-state index in [0.717, 1.165) is 28.0 Å². The Morgan fingerprint density at radius 3 is 2.13 bits per heavy atom. The first-order valence-corrected chi connectivity index (χ1v) is 12.5. The number of hydrogen-bond acceptors (Lipinski definition) is 5. The molecule has 0 aliphatic carbocycles. The van der Waals surface area contributed by atoms with Crippen LogP contribution in [-0.2, 0) is 18.6 Å². The molecule has 38 heavy (non-hydrogen) atoms. The molecule has 1 unspecified atom stereocenters. The molecule has 0 bridgehead atoms. The Bertz CT molecular complexity index is 1550. The molecule has 1 saturated heterocycles. The lowest BCUT2D eigenvalue weighted by molar-refractivity contribution is 0.225. The molecule has 4 aromatic rings. The number of carbonyl (C=O) groups is 1. The van der Waals surface area contributed by atoms with Gasteiger partial charge in [0, 0.05) is 0 Å². The number of carbonyl (C=O) groups excluding carboxylic acids is 1. The Morgan fingerprint density at radius 2 is 1.50 bits per heavy atom. The zero-order chi connectivity index (χ0) is 26.3. The predicted octanol–water partition coefficient (Wildman–Crippen LogP) is 5.10. The molecular formula is C30H28N6O2. The van der Waals surface area contributed by atoms with Gasteiger partial charge in [-0.25, -0.2) is 19.8 Å². The number of amidine groups is 1. The molecule has 3 aromatic carbocycles. The Kier molecular flexibility index (Phi) is 5.79. The molecule has 1 aromatic heterocycles. The summed E-state index contributed by atoms with van der Waals surface area (Å²) in [5.41, 5.74) is 4.84. The normalized spacial score (nSPS) is 17.9. The zero-order valence-electron chi connectivity index (χ0n) is 21.5. The molecule has 1 fully saturated rings. The highest BCUT2D eigenvalue weighted by Crippen LogP contribution is 2.42. The van der Waals surface area contributed by atoms with E-state index in [0.29, 0.717) is 30.4 Å². The Balaban J connectivity index is 1.47. The molecule has 0 radical (unpaired) electrons. The van der Waals surface area contributed by atoms with E-state index in [9.17, 15) is 4.79 Å². The standard InChI is InChI=1S/C30H28N6O2/c1-20-4-8-22(9-5-20)16-35-19-33-26-27(35)31-18-32-28-30(26,24-12-14-25(38-3)15-13-24)34-29(37)36(28)17-23-10-6-21(2)7-11-23/h4-15,18-19H,16-17H2,1-3H3,(H,34,37). The minimum absolute atomic E-state index is 0.241. The van der Waals surface area contributed by atoms with Gasteiger partial charge in [0.2, 0.25) is 0 Å². The molecule has 8 nitrogen and oxygen atoms in total. The fourth-order valence-corrected chi connectivity index (χ4v) is 5.04. The number of aliphatic imine (C=N–C) groups is 2. The fraction of sp³-hybridized carbons (Fsp3) is 0.200. The maximum atomic E-state index is 13.6. The van der Waals surface area contributed by atoms with Crippen LogP contribution in [-0.4, -0.2) is 39.8 Å². The highest BCUT2D eigenvalue weighted by Gasteiger charge is 2.55. The second kappa shape index (κ2) is 9.30. The molecule has 1 N–H and O–H groups in total. The van der Waals surface area contributed by atoms with Crippen LogP contribution < -0.4 is 10.1 Å². The van der Waals surface area contributed by atoms with Gasteiger partial charge in [0.05, 0.1) is 26.5 Å². The zero-order valence-corrected chi connectivity index (χ0v) is 21.5. The molecule has 2 aliphatic rings. The first-order valence-electron chi connectivity index (χ1n) is 12.5. The first kappa shape index (κ1) is 23.7. The number of fused-ring (bicyclic) bond motifs is 3. The number of urea groups is 1. The van der Waals surface area contributed by atoms with Gasteiger partial charge in [0.15, 0.2) is 17.2 Å². The number of rotatable bonds is 6. The maximum absolute atomic E-state index is 13.6. The minimum atomic E-state index is -1.11. The van der Waals surface area contributed by atoms with Gasteiger partial charge in [-0.2, -0.15) is 0 Å². The number of benzene rings is 3. The summed E-state index contributed by atoms with van der Waals surface area (Å²) in [5, 5.41) is 3.25. The van der Waals surface area contributed by atoms with Gasteiger partial charge < -0.3 is 14.6 Å². The summed E-state index contributed by atoms with van der Waals surface area (Å²) >= 11 is 0. The Morgan fingerprint density at radius 1 is 0.868 bits per heavy atom. The minimum Gasteiger partial charge on any atom is -0.497 e. The van der Waals surface area contributed by atoms with Crippen molar-refractivity contribution < 1.29 is 9.53 Å². The number of aromatic nitrogens is 2. The second-order valence-corrected chi connectivity index (χ2v) is 9.71. The maximum Gasteiger partial charge on any atom is 0.324 e. The molecule has 190 valence electrons. The van der Waals surface area contributed by atoms with E-state index >= 15 is 0 Å². The van der Waals surface area contributed by atoms with Crippen LogP contribution in [0.4, 0.5) is 10.6 Å². The monoisotopic (exact) mass is 504 g/mol. The average molecular weight is 505 g/mol. The summed E-state index contributed by atoms with van der Waals surface area (Å²) in [6.45, 7) is 5.08. The lowest BCUT2D eigenvalue weighted by Crippen LogP contribution is -2.45. The van der Waals surface area contributed by atoms with Crippen LogP contribution in [0.15, 0.2) is 89.1 Å². The molecule has 0 spiro atoms. The lowest BCUT2D eigenvalue weighted by Gasteiger charge is -2.28. The third kappa shape index (κ3) is 3.94. The summed E-state index contributed by atoms with van der Waals surface area (Å²) in [4.78, 5) is 29.6. The number of nitrogens with one attached hydrogen (secondary N) is 1. The summed E-state index contributed by atoms with van der Waals surface area (Å²) in [7, 11) is 1.63. The quantitative estimate of drug-likeness (QED) is 0.397. The summed E-state index contributed by atoms with van der Waals surface area (Å²) in [5.74, 6) is 1.91. The molecule has 6 rings (SSSR count). The highest BCUT2D eigenvalue weighted by molar-refractivity contribution is 6.15. The lowest BCUT2D eigenvalue weighted by atomic mass is 9.85. The molecule has 2 amide bonds. The van der Waals surface area contributed by atoms with Crippen LogP contribution in [0.3, 0.4) is 0 Å². The van der Waals surface area contributed by atoms with Gasteiger partial charge >= 0.3 is 6.03 Å². The van der Waals surface area contributed by atoms with Gasteiger partial charge in [0.1, 0.15) is 17.8 Å². The van der Waals surface area contributed by atoms with Crippen molar-refractivity contribution in [1.29, 1.82) is 0 Å². The van der Waals surface area contributed by atoms with Gasteiger partial charge in [-0.3, -0.25) is 4.90 Å². The number of aryl methyl sites for hydroxylation is 2. The van der Waals surface area contributed by atoms with Crippen molar-refractivity contribution in [2.24, 2.45) is 9.98 Å². The second-order valence-electron chi connectivity index (χ2n) is 9.71. The van der Waals surface area contributed by atoms with E-state index in [1.807, 2.05) is 60.0 Å². The highest BCUT2D eigenvalue weighted by atomic mass is 16.5. The van der Waals surface area contributed by atoms with Gasteiger partial charge in [0.25, 0.3) is 0 Å².